The second-order valence-electron chi connectivity index (χ2n) is 5.72. The van der Waals surface area contributed by atoms with E-state index in [1.807, 2.05) is 6.92 Å². The first kappa shape index (κ1) is 16.8. The molecule has 1 atom stereocenters. The number of aromatic nitrogens is 2. The molecular formula is C15H13ClF3N3O2. The van der Waals surface area contributed by atoms with Gasteiger partial charge in [0.25, 0.3) is 5.91 Å². The van der Waals surface area contributed by atoms with Crippen LogP contribution in [0.2, 0.25) is 5.02 Å². The summed E-state index contributed by atoms with van der Waals surface area (Å²) in [5.74, 6) is -1.52. The summed E-state index contributed by atoms with van der Waals surface area (Å²) < 4.78 is 41.6. The standard InChI is InChI=1S/C15H13ClF3N3O2/c1-7(8-2-3-8)20-13(23)10-5-4-9(6-11(10)16)12-21-14(24-22-12)15(17,18)19/h4-8H,2-3H2,1H3,(H,20,23). The summed E-state index contributed by atoms with van der Waals surface area (Å²) in [6.45, 7) is 1.93. The van der Waals surface area contributed by atoms with Crippen LogP contribution in [0.3, 0.4) is 0 Å². The van der Waals surface area contributed by atoms with E-state index in [4.69, 9.17) is 11.6 Å². The SMILES string of the molecule is CC(NC(=O)c1ccc(-c2noc(C(F)(F)F)n2)cc1Cl)C1CC1. The Morgan fingerprint density at radius 3 is 2.67 bits per heavy atom. The zero-order chi connectivity index (χ0) is 17.5. The number of carbonyl (C=O) groups is 1. The highest BCUT2D eigenvalue weighted by Crippen LogP contribution is 2.33. The van der Waals surface area contributed by atoms with E-state index in [2.05, 4.69) is 20.0 Å². The van der Waals surface area contributed by atoms with Crippen molar-refractivity contribution in [1.29, 1.82) is 0 Å². The van der Waals surface area contributed by atoms with E-state index < -0.39 is 12.1 Å². The lowest BCUT2D eigenvalue weighted by Crippen LogP contribution is -2.34. The van der Waals surface area contributed by atoms with Crippen molar-refractivity contribution in [3.05, 3.63) is 34.7 Å². The highest BCUT2D eigenvalue weighted by molar-refractivity contribution is 6.34. The first-order valence-corrected chi connectivity index (χ1v) is 7.65. The third-order valence-corrected chi connectivity index (χ3v) is 4.14. The van der Waals surface area contributed by atoms with Crippen molar-refractivity contribution in [3.63, 3.8) is 0 Å². The molecule has 0 spiro atoms. The van der Waals surface area contributed by atoms with Gasteiger partial charge in [-0.3, -0.25) is 4.79 Å². The van der Waals surface area contributed by atoms with Gasteiger partial charge in [-0.1, -0.05) is 22.8 Å². The van der Waals surface area contributed by atoms with E-state index in [9.17, 15) is 18.0 Å². The quantitative estimate of drug-likeness (QED) is 0.897. The van der Waals surface area contributed by atoms with E-state index in [0.29, 0.717) is 5.92 Å². The molecule has 1 aliphatic rings. The Kier molecular flexibility index (Phi) is 4.25. The number of rotatable bonds is 4. The van der Waals surface area contributed by atoms with Gasteiger partial charge in [0.2, 0.25) is 5.82 Å². The molecule has 2 aromatic rings. The minimum absolute atomic E-state index is 0.0554. The highest BCUT2D eigenvalue weighted by atomic mass is 35.5. The molecule has 0 saturated heterocycles. The van der Waals surface area contributed by atoms with Gasteiger partial charge in [0.1, 0.15) is 0 Å². The molecule has 9 heteroatoms. The van der Waals surface area contributed by atoms with Crippen LogP contribution in [0.15, 0.2) is 22.7 Å². The van der Waals surface area contributed by atoms with Gasteiger partial charge in [-0.15, -0.1) is 0 Å². The average Bonchev–Trinajstić information content (AvgIpc) is 3.22. The smallest absolute Gasteiger partial charge is 0.349 e. The fourth-order valence-corrected chi connectivity index (χ4v) is 2.56. The number of nitrogens with one attached hydrogen (secondary N) is 1. The Balaban J connectivity index is 1.79. The average molecular weight is 360 g/mol. The molecule has 1 heterocycles. The van der Waals surface area contributed by atoms with E-state index in [1.54, 1.807) is 0 Å². The first-order chi connectivity index (χ1) is 11.3. The Hall–Kier alpha value is -2.09. The Labute approximate surface area is 140 Å². The van der Waals surface area contributed by atoms with Crippen LogP contribution in [0, 0.1) is 5.92 Å². The number of carbonyl (C=O) groups excluding carboxylic acids is 1. The number of alkyl halides is 3. The third kappa shape index (κ3) is 3.53. The first-order valence-electron chi connectivity index (χ1n) is 7.27. The predicted molar refractivity (Wildman–Crippen MR) is 79.4 cm³/mol. The molecule has 1 fully saturated rings. The predicted octanol–water partition coefficient (Wildman–Crippen LogP) is 3.94. The molecule has 0 bridgehead atoms. The van der Waals surface area contributed by atoms with Crippen molar-refractivity contribution in [1.82, 2.24) is 15.5 Å². The van der Waals surface area contributed by atoms with Gasteiger partial charge < -0.3 is 9.84 Å². The summed E-state index contributed by atoms with van der Waals surface area (Å²) in [5.41, 5.74) is 0.471. The lowest BCUT2D eigenvalue weighted by molar-refractivity contribution is -0.159. The fraction of sp³-hybridized carbons (Fsp3) is 0.400. The molecule has 3 rings (SSSR count). The van der Waals surface area contributed by atoms with Gasteiger partial charge in [-0.05, 0) is 37.8 Å². The molecular weight excluding hydrogens is 347 g/mol. The van der Waals surface area contributed by atoms with Crippen LogP contribution in [0.25, 0.3) is 11.4 Å². The number of amides is 1. The molecule has 1 amide bonds. The van der Waals surface area contributed by atoms with Gasteiger partial charge in [0.05, 0.1) is 10.6 Å². The maximum Gasteiger partial charge on any atom is 0.471 e. The van der Waals surface area contributed by atoms with Crippen LogP contribution in [-0.2, 0) is 6.18 Å². The number of hydrogen-bond acceptors (Lipinski definition) is 4. The van der Waals surface area contributed by atoms with E-state index >= 15 is 0 Å². The van der Waals surface area contributed by atoms with Gasteiger partial charge in [-0.2, -0.15) is 18.2 Å². The summed E-state index contributed by atoms with van der Waals surface area (Å²) in [4.78, 5) is 15.5. The maximum atomic E-state index is 12.5. The molecule has 1 aliphatic carbocycles. The minimum Gasteiger partial charge on any atom is -0.349 e. The van der Waals surface area contributed by atoms with E-state index in [1.165, 1.54) is 18.2 Å². The lowest BCUT2D eigenvalue weighted by atomic mass is 10.1. The summed E-state index contributed by atoms with van der Waals surface area (Å²) in [6, 6.07) is 4.24. The van der Waals surface area contributed by atoms with Crippen LogP contribution in [0.1, 0.15) is 36.0 Å². The molecule has 0 aliphatic heterocycles. The summed E-state index contributed by atoms with van der Waals surface area (Å²) >= 11 is 6.08. The largest absolute Gasteiger partial charge is 0.471 e. The third-order valence-electron chi connectivity index (χ3n) is 3.83. The Morgan fingerprint density at radius 1 is 1.42 bits per heavy atom. The van der Waals surface area contributed by atoms with Crippen molar-refractivity contribution >= 4 is 17.5 Å². The molecule has 1 aromatic carbocycles. The molecule has 5 nitrogen and oxygen atoms in total. The van der Waals surface area contributed by atoms with Crippen molar-refractivity contribution in [2.24, 2.45) is 5.92 Å². The Bertz CT molecular complexity index is 772. The van der Waals surface area contributed by atoms with Crippen molar-refractivity contribution < 1.29 is 22.5 Å². The van der Waals surface area contributed by atoms with Crippen molar-refractivity contribution in [2.75, 3.05) is 0 Å². The van der Waals surface area contributed by atoms with Crippen molar-refractivity contribution in [2.45, 2.75) is 32.0 Å². The minimum atomic E-state index is -4.71. The van der Waals surface area contributed by atoms with Gasteiger partial charge in [0.15, 0.2) is 0 Å². The fourth-order valence-electron chi connectivity index (χ4n) is 2.29. The van der Waals surface area contributed by atoms with E-state index in [0.717, 1.165) is 12.8 Å². The maximum absolute atomic E-state index is 12.5. The van der Waals surface area contributed by atoms with Crippen LogP contribution in [0.5, 0.6) is 0 Å². The van der Waals surface area contributed by atoms with Crippen LogP contribution < -0.4 is 5.32 Å². The van der Waals surface area contributed by atoms with Crippen LogP contribution >= 0.6 is 11.6 Å². The van der Waals surface area contributed by atoms with Gasteiger partial charge in [0, 0.05) is 11.6 Å². The topological polar surface area (TPSA) is 68.0 Å². The van der Waals surface area contributed by atoms with Crippen LogP contribution in [-0.4, -0.2) is 22.1 Å². The number of halogens is 4. The van der Waals surface area contributed by atoms with Crippen LogP contribution in [0.4, 0.5) is 13.2 Å². The molecule has 1 N–H and O–H groups in total. The second kappa shape index (κ2) is 6.08. The summed E-state index contributed by atoms with van der Waals surface area (Å²) in [6.07, 6.45) is -2.53. The summed E-state index contributed by atoms with van der Waals surface area (Å²) in [5, 5.41) is 6.25. The number of hydrogen-bond donors (Lipinski definition) is 1. The number of benzene rings is 1. The molecule has 1 unspecified atom stereocenters. The van der Waals surface area contributed by atoms with Gasteiger partial charge >= 0.3 is 12.1 Å². The van der Waals surface area contributed by atoms with Crippen molar-refractivity contribution in [3.8, 4) is 11.4 Å². The molecule has 1 saturated carbocycles. The highest BCUT2D eigenvalue weighted by Gasteiger charge is 2.38. The molecule has 1 aromatic heterocycles. The normalized spacial score (nSPS) is 16.0. The lowest BCUT2D eigenvalue weighted by Gasteiger charge is -2.13. The Morgan fingerprint density at radius 2 is 2.12 bits per heavy atom. The molecule has 128 valence electrons. The van der Waals surface area contributed by atoms with Gasteiger partial charge in [-0.25, -0.2) is 0 Å². The zero-order valence-electron chi connectivity index (χ0n) is 12.5. The number of nitrogens with zero attached hydrogens (tertiary/aromatic N) is 2. The second-order valence-corrected chi connectivity index (χ2v) is 6.12. The molecule has 24 heavy (non-hydrogen) atoms. The van der Waals surface area contributed by atoms with E-state index in [-0.39, 0.29) is 33.9 Å². The molecule has 0 radical (unpaired) electrons. The summed E-state index contributed by atoms with van der Waals surface area (Å²) in [7, 11) is 0. The monoisotopic (exact) mass is 359 g/mol. The zero-order valence-corrected chi connectivity index (χ0v) is 13.3.